The summed E-state index contributed by atoms with van der Waals surface area (Å²) in [6, 6.07) is 8.45. The van der Waals surface area contributed by atoms with Crippen molar-refractivity contribution in [1.82, 2.24) is 19.4 Å². The lowest BCUT2D eigenvalue weighted by atomic mass is 9.95. The summed E-state index contributed by atoms with van der Waals surface area (Å²) < 4.78 is 3.61. The predicted molar refractivity (Wildman–Crippen MR) is 138 cm³/mol. The first-order chi connectivity index (χ1) is 16.3. The molecule has 0 spiro atoms. The molecule has 0 aliphatic carbocycles. The van der Waals surface area contributed by atoms with Crippen molar-refractivity contribution < 1.29 is 0 Å². The number of benzene rings is 1. The molecular formula is C26H34N6OS. The molecule has 180 valence electrons. The highest BCUT2D eigenvalue weighted by Crippen LogP contribution is 2.29. The number of aromatic nitrogens is 3. The maximum atomic E-state index is 13.2. The predicted octanol–water partition coefficient (Wildman–Crippen LogP) is 2.96. The van der Waals surface area contributed by atoms with Crippen LogP contribution in [0.25, 0.3) is 6.20 Å². The number of aryl methyl sites for hydroxylation is 2. The Labute approximate surface area is 204 Å². The summed E-state index contributed by atoms with van der Waals surface area (Å²) in [5, 5.41) is 5.40. The highest BCUT2D eigenvalue weighted by molar-refractivity contribution is 7.12. The topological polar surface area (TPSA) is 67.5 Å². The summed E-state index contributed by atoms with van der Waals surface area (Å²) in [6.45, 7) is 11.3. The summed E-state index contributed by atoms with van der Waals surface area (Å²) in [4.78, 5) is 26.7. The van der Waals surface area contributed by atoms with Gasteiger partial charge in [0, 0.05) is 37.8 Å². The largest absolute Gasteiger partial charge is 0.364 e. The first-order valence-corrected chi connectivity index (χ1v) is 13.0. The van der Waals surface area contributed by atoms with Crippen molar-refractivity contribution in [2.45, 2.75) is 59.2 Å². The maximum absolute atomic E-state index is 13.2. The summed E-state index contributed by atoms with van der Waals surface area (Å²) >= 11 is 1.76. The lowest BCUT2D eigenvalue weighted by Crippen LogP contribution is -2.42. The van der Waals surface area contributed by atoms with Crippen molar-refractivity contribution >= 4 is 23.4 Å². The van der Waals surface area contributed by atoms with Crippen LogP contribution >= 0.6 is 11.3 Å². The third kappa shape index (κ3) is 4.08. The van der Waals surface area contributed by atoms with Crippen molar-refractivity contribution in [2.24, 2.45) is 18.0 Å². The average Bonchev–Trinajstić information content (AvgIpc) is 3.30. The fourth-order valence-corrected chi connectivity index (χ4v) is 6.13. The van der Waals surface area contributed by atoms with Gasteiger partial charge in [-0.15, -0.1) is 11.3 Å². The van der Waals surface area contributed by atoms with Gasteiger partial charge in [-0.2, -0.15) is 0 Å². The minimum absolute atomic E-state index is 0.0120. The van der Waals surface area contributed by atoms with E-state index in [1.807, 2.05) is 17.8 Å². The van der Waals surface area contributed by atoms with Crippen molar-refractivity contribution in [3.8, 4) is 0 Å². The Balaban J connectivity index is 1.41. The molecule has 1 N–H and O–H groups in total. The molecule has 1 saturated heterocycles. The number of thiazole rings is 1. The molecule has 2 aliphatic rings. The molecule has 8 heteroatoms. The molecular weight excluding hydrogens is 444 g/mol. The zero-order valence-corrected chi connectivity index (χ0v) is 21.5. The van der Waals surface area contributed by atoms with Crippen molar-refractivity contribution in [2.75, 3.05) is 18.0 Å². The van der Waals surface area contributed by atoms with Crippen LogP contribution in [0.3, 0.4) is 0 Å². The first kappa shape index (κ1) is 22.9. The second-order valence-electron chi connectivity index (χ2n) is 9.83. The van der Waals surface area contributed by atoms with Gasteiger partial charge in [-0.25, -0.2) is 14.8 Å². The van der Waals surface area contributed by atoms with Gasteiger partial charge in [0.05, 0.1) is 5.01 Å². The zero-order chi connectivity index (χ0) is 24.0. The highest BCUT2D eigenvalue weighted by Gasteiger charge is 2.25. The second kappa shape index (κ2) is 9.06. The van der Waals surface area contributed by atoms with Gasteiger partial charge in [0.2, 0.25) is 0 Å². The summed E-state index contributed by atoms with van der Waals surface area (Å²) in [6.07, 6.45) is 3.87. The van der Waals surface area contributed by atoms with E-state index in [2.05, 4.69) is 62.2 Å². The SMILES string of the molecule is Cc1nc(N2CCC(Cn3c4c(n(C)c3=O)=CNC(c3ccccc3C(C)C)N=4)CC2)c(C)s1. The van der Waals surface area contributed by atoms with Crippen LogP contribution < -0.4 is 26.7 Å². The maximum Gasteiger partial charge on any atom is 0.330 e. The molecule has 0 radical (unpaired) electrons. The quantitative estimate of drug-likeness (QED) is 0.612. The zero-order valence-electron chi connectivity index (χ0n) is 20.7. The number of imidazole rings is 1. The smallest absolute Gasteiger partial charge is 0.330 e. The molecule has 34 heavy (non-hydrogen) atoms. The van der Waals surface area contributed by atoms with Crippen LogP contribution in [0, 0.1) is 19.8 Å². The average molecular weight is 479 g/mol. The van der Waals surface area contributed by atoms with E-state index in [1.165, 1.54) is 16.0 Å². The third-order valence-corrected chi connectivity index (χ3v) is 8.02. The summed E-state index contributed by atoms with van der Waals surface area (Å²) in [5.74, 6) is 1.99. The number of hydrogen-bond donors (Lipinski definition) is 1. The Morgan fingerprint density at radius 3 is 2.59 bits per heavy atom. The van der Waals surface area contributed by atoms with Gasteiger partial charge in [-0.1, -0.05) is 38.1 Å². The number of fused-ring (bicyclic) bond motifs is 1. The monoisotopic (exact) mass is 478 g/mol. The van der Waals surface area contributed by atoms with E-state index in [-0.39, 0.29) is 11.9 Å². The van der Waals surface area contributed by atoms with Crippen LogP contribution in [0.5, 0.6) is 0 Å². The lowest BCUT2D eigenvalue weighted by Gasteiger charge is -2.32. The fourth-order valence-electron chi connectivity index (χ4n) is 5.28. The van der Waals surface area contributed by atoms with Crippen molar-refractivity contribution in [3.05, 3.63) is 66.6 Å². The van der Waals surface area contributed by atoms with Gasteiger partial charge in [0.25, 0.3) is 0 Å². The van der Waals surface area contributed by atoms with Gasteiger partial charge < -0.3 is 10.2 Å². The van der Waals surface area contributed by atoms with Gasteiger partial charge in [0.1, 0.15) is 17.3 Å². The Morgan fingerprint density at radius 1 is 1.18 bits per heavy atom. The molecule has 1 atom stereocenters. The highest BCUT2D eigenvalue weighted by atomic mass is 32.1. The van der Waals surface area contributed by atoms with Gasteiger partial charge >= 0.3 is 5.69 Å². The number of piperidine rings is 1. The molecule has 4 heterocycles. The molecule has 2 aromatic heterocycles. The minimum Gasteiger partial charge on any atom is -0.364 e. The van der Waals surface area contributed by atoms with E-state index in [4.69, 9.17) is 9.98 Å². The van der Waals surface area contributed by atoms with E-state index < -0.39 is 0 Å². The van der Waals surface area contributed by atoms with Crippen LogP contribution in [0.2, 0.25) is 0 Å². The Hall–Kier alpha value is -2.87. The van der Waals surface area contributed by atoms with E-state index in [0.717, 1.165) is 47.6 Å². The fraction of sp³-hybridized carbons (Fsp3) is 0.500. The lowest BCUT2D eigenvalue weighted by molar-refractivity contribution is 0.345. The molecule has 7 nitrogen and oxygen atoms in total. The number of hydrogen-bond acceptors (Lipinski definition) is 6. The van der Waals surface area contributed by atoms with E-state index >= 15 is 0 Å². The van der Waals surface area contributed by atoms with E-state index in [0.29, 0.717) is 18.4 Å². The standard InChI is InChI=1S/C26H34N6OS/c1-16(2)20-8-6-7-9-21(20)23-27-14-22-25(29-23)32(26(33)30(22)5)15-19-10-12-31(13-11-19)24-17(3)34-18(4)28-24/h6-9,14,16,19,23,27H,10-13,15H2,1-5H3. The molecule has 2 aliphatic heterocycles. The second-order valence-corrected chi connectivity index (χ2v) is 11.2. The van der Waals surface area contributed by atoms with Crippen molar-refractivity contribution in [1.29, 1.82) is 0 Å². The molecule has 0 amide bonds. The molecule has 1 unspecified atom stereocenters. The van der Waals surface area contributed by atoms with Crippen molar-refractivity contribution in [3.63, 3.8) is 0 Å². The van der Waals surface area contributed by atoms with E-state index in [9.17, 15) is 4.79 Å². The summed E-state index contributed by atoms with van der Waals surface area (Å²) in [7, 11) is 1.84. The van der Waals surface area contributed by atoms with E-state index in [1.54, 1.807) is 15.9 Å². The Kier molecular flexibility index (Phi) is 6.10. The number of nitrogens with zero attached hydrogens (tertiary/aromatic N) is 5. The molecule has 5 rings (SSSR count). The van der Waals surface area contributed by atoms with Crippen LogP contribution in [-0.4, -0.2) is 27.2 Å². The van der Waals surface area contributed by atoms with Gasteiger partial charge in [-0.05, 0) is 49.7 Å². The van der Waals surface area contributed by atoms with Crippen LogP contribution in [-0.2, 0) is 13.6 Å². The molecule has 0 bridgehead atoms. The Bertz CT molecular complexity index is 1370. The number of anilines is 1. The molecule has 1 fully saturated rings. The number of rotatable bonds is 5. The minimum atomic E-state index is -0.183. The van der Waals surface area contributed by atoms with Gasteiger partial charge in [-0.3, -0.25) is 9.13 Å². The first-order valence-electron chi connectivity index (χ1n) is 12.2. The summed E-state index contributed by atoms with van der Waals surface area (Å²) in [5.41, 5.74) is 3.26. The third-order valence-electron chi connectivity index (χ3n) is 7.14. The van der Waals surface area contributed by atoms with Crippen LogP contribution in [0.15, 0.2) is 34.1 Å². The Morgan fingerprint density at radius 2 is 1.91 bits per heavy atom. The van der Waals surface area contributed by atoms with Gasteiger partial charge in [0.15, 0.2) is 5.49 Å². The normalized spacial score (nSPS) is 18.4. The van der Waals surface area contributed by atoms with Crippen LogP contribution in [0.1, 0.15) is 59.8 Å². The number of nitrogens with one attached hydrogen (secondary N) is 1. The van der Waals surface area contributed by atoms with Crippen LogP contribution in [0.4, 0.5) is 5.82 Å². The molecule has 1 aromatic carbocycles. The molecule has 3 aromatic rings. The molecule has 0 saturated carbocycles.